The highest BCUT2D eigenvalue weighted by molar-refractivity contribution is 7.13. The van der Waals surface area contributed by atoms with Crippen molar-refractivity contribution < 1.29 is 4.79 Å². The molecule has 1 fully saturated rings. The summed E-state index contributed by atoms with van der Waals surface area (Å²) < 4.78 is 3.23. The molecule has 1 aliphatic rings. The molecule has 0 spiro atoms. The zero-order valence-electron chi connectivity index (χ0n) is 13.5. The minimum Gasteiger partial charge on any atom is -0.350 e. The van der Waals surface area contributed by atoms with Crippen molar-refractivity contribution in [2.45, 2.75) is 25.4 Å². The largest absolute Gasteiger partial charge is 0.350 e. The van der Waals surface area contributed by atoms with E-state index < -0.39 is 0 Å². The molecule has 0 radical (unpaired) electrons. The van der Waals surface area contributed by atoms with Gasteiger partial charge in [-0.05, 0) is 36.4 Å². The van der Waals surface area contributed by atoms with Crippen LogP contribution in [0.2, 0.25) is 0 Å². The Kier molecular flexibility index (Phi) is 4.19. The third kappa shape index (κ3) is 3.25. The maximum atomic E-state index is 12.7. The smallest absolute Gasteiger partial charge is 0.346 e. The van der Waals surface area contributed by atoms with Gasteiger partial charge in [-0.15, -0.1) is 16.4 Å². The van der Waals surface area contributed by atoms with Crippen LogP contribution in [-0.4, -0.2) is 31.8 Å². The van der Waals surface area contributed by atoms with Gasteiger partial charge in [-0.2, -0.15) is 0 Å². The zero-order chi connectivity index (χ0) is 17.2. The number of pyridine rings is 1. The molecule has 1 N–H and O–H groups in total. The Morgan fingerprint density at radius 3 is 2.76 bits per heavy atom. The van der Waals surface area contributed by atoms with Crippen LogP contribution in [0.25, 0.3) is 10.7 Å². The number of rotatable bonds is 6. The number of carbonyl (C=O) groups is 1. The quantitative estimate of drug-likeness (QED) is 0.732. The normalized spacial score (nSPS) is 13.8. The third-order valence-corrected chi connectivity index (χ3v) is 4.94. The maximum Gasteiger partial charge on any atom is 0.346 e. The Labute approximate surface area is 147 Å². The average molecular weight is 355 g/mol. The summed E-state index contributed by atoms with van der Waals surface area (Å²) in [7, 11) is 0. The van der Waals surface area contributed by atoms with E-state index in [-0.39, 0.29) is 17.6 Å². The Bertz CT molecular complexity index is 926. The molecule has 8 heteroatoms. The van der Waals surface area contributed by atoms with Gasteiger partial charge in [0.1, 0.15) is 0 Å². The van der Waals surface area contributed by atoms with Gasteiger partial charge in [-0.1, -0.05) is 6.07 Å². The Morgan fingerprint density at radius 2 is 2.08 bits per heavy atom. The molecule has 3 aromatic heterocycles. The SMILES string of the molecule is O=C(NCCn1nc(-c2cccs2)n(C2CC2)c1=O)c1ccncc1. The number of nitrogens with zero attached hydrogens (tertiary/aromatic N) is 4. The first-order valence-corrected chi connectivity index (χ1v) is 9.03. The minimum absolute atomic E-state index is 0.107. The highest BCUT2D eigenvalue weighted by Crippen LogP contribution is 2.37. The second-order valence-corrected chi connectivity index (χ2v) is 6.85. The first kappa shape index (κ1) is 15.8. The Morgan fingerprint density at radius 1 is 1.28 bits per heavy atom. The zero-order valence-corrected chi connectivity index (χ0v) is 14.3. The van der Waals surface area contributed by atoms with Gasteiger partial charge in [-0.3, -0.25) is 14.3 Å². The van der Waals surface area contributed by atoms with Crippen LogP contribution in [0.4, 0.5) is 0 Å². The summed E-state index contributed by atoms with van der Waals surface area (Å²) in [6, 6.07) is 7.48. The summed E-state index contributed by atoms with van der Waals surface area (Å²) in [6.07, 6.45) is 5.18. The summed E-state index contributed by atoms with van der Waals surface area (Å²) in [4.78, 5) is 29.6. The van der Waals surface area contributed by atoms with Crippen molar-refractivity contribution in [2.24, 2.45) is 0 Å². The Balaban J connectivity index is 1.49. The molecule has 1 saturated carbocycles. The lowest BCUT2D eigenvalue weighted by atomic mass is 10.2. The first-order valence-electron chi connectivity index (χ1n) is 8.15. The van der Waals surface area contributed by atoms with Gasteiger partial charge in [0, 0.05) is 30.5 Å². The molecule has 0 unspecified atom stereocenters. The predicted molar refractivity (Wildman–Crippen MR) is 94.6 cm³/mol. The number of thiophene rings is 1. The van der Waals surface area contributed by atoms with E-state index in [4.69, 9.17) is 0 Å². The summed E-state index contributed by atoms with van der Waals surface area (Å²) in [5.41, 5.74) is 0.439. The van der Waals surface area contributed by atoms with E-state index in [0.717, 1.165) is 23.5 Å². The standard InChI is InChI=1S/C17H17N5O2S/c23-16(12-5-7-18-8-6-12)19-9-10-21-17(24)22(13-3-4-13)15(20-21)14-2-1-11-25-14/h1-2,5-8,11,13H,3-4,9-10H2,(H,19,23). The number of hydrogen-bond donors (Lipinski definition) is 1. The molecule has 1 amide bonds. The number of aromatic nitrogens is 4. The lowest BCUT2D eigenvalue weighted by molar-refractivity contribution is 0.0951. The molecule has 0 aliphatic heterocycles. The fourth-order valence-corrected chi connectivity index (χ4v) is 3.39. The van der Waals surface area contributed by atoms with Crippen LogP contribution in [-0.2, 0) is 6.54 Å². The fraction of sp³-hybridized carbons (Fsp3) is 0.294. The molecule has 4 rings (SSSR count). The van der Waals surface area contributed by atoms with Gasteiger partial charge in [0.05, 0.1) is 11.4 Å². The van der Waals surface area contributed by atoms with Gasteiger partial charge in [-0.25, -0.2) is 9.48 Å². The van der Waals surface area contributed by atoms with Crippen LogP contribution in [0, 0.1) is 0 Å². The first-order chi connectivity index (χ1) is 12.2. The van der Waals surface area contributed by atoms with Gasteiger partial charge >= 0.3 is 5.69 Å². The number of hydrogen-bond acceptors (Lipinski definition) is 5. The van der Waals surface area contributed by atoms with Crippen LogP contribution >= 0.6 is 11.3 Å². The van der Waals surface area contributed by atoms with Crippen molar-refractivity contribution in [1.29, 1.82) is 0 Å². The van der Waals surface area contributed by atoms with E-state index in [2.05, 4.69) is 15.4 Å². The lowest BCUT2D eigenvalue weighted by Crippen LogP contribution is -2.32. The molecule has 0 bridgehead atoms. The van der Waals surface area contributed by atoms with Crippen LogP contribution in [0.3, 0.4) is 0 Å². The van der Waals surface area contributed by atoms with E-state index >= 15 is 0 Å². The number of carbonyl (C=O) groups excluding carboxylic acids is 1. The topological polar surface area (TPSA) is 81.8 Å². The van der Waals surface area contributed by atoms with E-state index in [1.165, 1.54) is 4.68 Å². The summed E-state index contributed by atoms with van der Waals surface area (Å²) in [5.74, 6) is 0.540. The summed E-state index contributed by atoms with van der Waals surface area (Å²) in [5, 5.41) is 9.29. The second kappa shape index (κ2) is 6.64. The molecule has 0 atom stereocenters. The molecule has 0 saturated heterocycles. The summed E-state index contributed by atoms with van der Waals surface area (Å²) >= 11 is 1.57. The lowest BCUT2D eigenvalue weighted by Gasteiger charge is -2.04. The highest BCUT2D eigenvalue weighted by atomic mass is 32.1. The van der Waals surface area contributed by atoms with Crippen molar-refractivity contribution >= 4 is 17.2 Å². The van der Waals surface area contributed by atoms with Gasteiger partial charge in [0.15, 0.2) is 5.82 Å². The molecule has 25 heavy (non-hydrogen) atoms. The van der Waals surface area contributed by atoms with Crippen LogP contribution in [0.5, 0.6) is 0 Å². The van der Waals surface area contributed by atoms with E-state index in [0.29, 0.717) is 18.7 Å². The van der Waals surface area contributed by atoms with E-state index in [9.17, 15) is 9.59 Å². The summed E-state index contributed by atoms with van der Waals surface area (Å²) in [6.45, 7) is 0.681. The maximum absolute atomic E-state index is 12.7. The molecule has 1 aliphatic carbocycles. The van der Waals surface area contributed by atoms with Crippen LogP contribution in [0.1, 0.15) is 29.2 Å². The van der Waals surface area contributed by atoms with Crippen molar-refractivity contribution in [3.63, 3.8) is 0 Å². The highest BCUT2D eigenvalue weighted by Gasteiger charge is 2.30. The number of amides is 1. The average Bonchev–Trinajstić information content (AvgIpc) is 3.21. The molecule has 7 nitrogen and oxygen atoms in total. The van der Waals surface area contributed by atoms with Crippen LogP contribution in [0.15, 0.2) is 46.8 Å². The monoisotopic (exact) mass is 355 g/mol. The van der Waals surface area contributed by atoms with Crippen LogP contribution < -0.4 is 11.0 Å². The van der Waals surface area contributed by atoms with E-state index in [1.807, 2.05) is 17.5 Å². The van der Waals surface area contributed by atoms with E-state index in [1.54, 1.807) is 40.4 Å². The Hall–Kier alpha value is -2.74. The third-order valence-electron chi connectivity index (χ3n) is 4.08. The predicted octanol–water partition coefficient (Wildman–Crippen LogP) is 1.93. The van der Waals surface area contributed by atoms with Gasteiger partial charge in [0.2, 0.25) is 0 Å². The molecular formula is C17H17N5O2S. The molecule has 3 aromatic rings. The molecule has 0 aromatic carbocycles. The second-order valence-electron chi connectivity index (χ2n) is 5.90. The van der Waals surface area contributed by atoms with Crippen molar-refractivity contribution in [2.75, 3.05) is 6.54 Å². The molecular weight excluding hydrogens is 338 g/mol. The van der Waals surface area contributed by atoms with Crippen molar-refractivity contribution in [3.8, 4) is 10.7 Å². The number of nitrogens with one attached hydrogen (secondary N) is 1. The molecule has 3 heterocycles. The van der Waals surface area contributed by atoms with Crippen molar-refractivity contribution in [3.05, 3.63) is 58.1 Å². The fourth-order valence-electron chi connectivity index (χ4n) is 2.68. The minimum atomic E-state index is -0.185. The van der Waals surface area contributed by atoms with Gasteiger partial charge in [0.25, 0.3) is 5.91 Å². The van der Waals surface area contributed by atoms with Gasteiger partial charge < -0.3 is 5.32 Å². The van der Waals surface area contributed by atoms with Crippen molar-refractivity contribution in [1.82, 2.24) is 24.6 Å². The molecule has 128 valence electrons.